The molecule has 10 nitrogen and oxygen atoms in total. The van der Waals surface area contributed by atoms with Gasteiger partial charge in [-0.1, -0.05) is 0 Å². The molecule has 2 aromatic heterocycles. The zero-order valence-electron chi connectivity index (χ0n) is 20.0. The minimum atomic E-state index is -3.74. The van der Waals surface area contributed by atoms with Crippen molar-refractivity contribution >= 4 is 38.3 Å². The lowest BCUT2D eigenvalue weighted by Crippen LogP contribution is -2.40. The van der Waals surface area contributed by atoms with E-state index in [-0.39, 0.29) is 10.8 Å². The molecule has 2 aliphatic rings. The molecule has 5 rings (SSSR count). The number of carbonyl (C=O) groups is 1. The lowest BCUT2D eigenvalue weighted by atomic mass is 10.1. The van der Waals surface area contributed by atoms with E-state index in [1.54, 1.807) is 23.0 Å². The molecule has 2 aliphatic heterocycles. The standard InChI is InChI=1S/C24H30N6O4S/c1-17-20-14-18(16-25-23(20)28(2)27-17)26-24(31)21-15-19(35(32,33)30-10-12-34-13-11-30)6-7-22(21)29-8-4-3-5-9-29/h6-7,14-16H,3-5,8-13H2,1-2H3,(H,26,31). The van der Waals surface area contributed by atoms with Gasteiger partial charge in [-0.3, -0.25) is 9.48 Å². The number of amides is 1. The Labute approximate surface area is 204 Å². The van der Waals surface area contributed by atoms with Crippen LogP contribution in [0.1, 0.15) is 35.3 Å². The Kier molecular flexibility index (Phi) is 6.47. The molecule has 2 saturated heterocycles. The van der Waals surface area contributed by atoms with Gasteiger partial charge in [0, 0.05) is 44.3 Å². The van der Waals surface area contributed by atoms with Crippen molar-refractivity contribution < 1.29 is 17.9 Å². The van der Waals surface area contributed by atoms with Gasteiger partial charge >= 0.3 is 0 Å². The summed E-state index contributed by atoms with van der Waals surface area (Å²) in [5.74, 6) is -0.368. The van der Waals surface area contributed by atoms with Gasteiger partial charge in [0.2, 0.25) is 10.0 Å². The normalized spacial score (nSPS) is 17.6. The number of nitrogens with one attached hydrogen (secondary N) is 1. The van der Waals surface area contributed by atoms with Gasteiger partial charge in [0.1, 0.15) is 0 Å². The van der Waals surface area contributed by atoms with Gasteiger partial charge in [-0.15, -0.1) is 0 Å². The van der Waals surface area contributed by atoms with Crippen molar-refractivity contribution in [2.75, 3.05) is 49.6 Å². The molecular formula is C24H30N6O4S. The molecule has 0 radical (unpaired) electrons. The van der Waals surface area contributed by atoms with Crippen LogP contribution in [-0.4, -0.2) is 72.8 Å². The average Bonchev–Trinajstić information content (AvgIpc) is 3.17. The molecule has 35 heavy (non-hydrogen) atoms. The van der Waals surface area contributed by atoms with E-state index >= 15 is 0 Å². The number of hydrogen-bond donors (Lipinski definition) is 1. The Balaban J connectivity index is 1.51. The molecule has 1 N–H and O–H groups in total. The molecule has 4 heterocycles. The van der Waals surface area contributed by atoms with E-state index in [0.29, 0.717) is 37.6 Å². The Hall–Kier alpha value is -3.02. The third-order valence-corrected chi connectivity index (χ3v) is 8.53. The molecule has 0 spiro atoms. The third-order valence-electron chi connectivity index (χ3n) is 6.64. The lowest BCUT2D eigenvalue weighted by molar-refractivity contribution is 0.0730. The number of aromatic nitrogens is 3. The molecule has 0 bridgehead atoms. The van der Waals surface area contributed by atoms with Crippen LogP contribution in [0.5, 0.6) is 0 Å². The molecule has 0 saturated carbocycles. The fourth-order valence-electron chi connectivity index (χ4n) is 4.78. The first-order valence-electron chi connectivity index (χ1n) is 11.9. The van der Waals surface area contributed by atoms with E-state index in [1.807, 2.05) is 20.0 Å². The van der Waals surface area contributed by atoms with Crippen molar-refractivity contribution in [2.45, 2.75) is 31.1 Å². The van der Waals surface area contributed by atoms with Crippen LogP contribution >= 0.6 is 0 Å². The van der Waals surface area contributed by atoms with Gasteiger partial charge in [0.15, 0.2) is 5.65 Å². The number of piperidine rings is 1. The monoisotopic (exact) mass is 498 g/mol. The summed E-state index contributed by atoms with van der Waals surface area (Å²) in [4.78, 5) is 20.3. The van der Waals surface area contributed by atoms with E-state index < -0.39 is 10.0 Å². The van der Waals surface area contributed by atoms with E-state index in [9.17, 15) is 13.2 Å². The Morgan fingerprint density at radius 2 is 1.80 bits per heavy atom. The summed E-state index contributed by atoms with van der Waals surface area (Å²) in [6.45, 7) is 4.88. The van der Waals surface area contributed by atoms with Crippen LogP contribution in [0, 0.1) is 6.92 Å². The van der Waals surface area contributed by atoms with E-state index in [0.717, 1.165) is 54.8 Å². The predicted molar refractivity (Wildman–Crippen MR) is 133 cm³/mol. The summed E-state index contributed by atoms with van der Waals surface area (Å²) in [5, 5.41) is 8.16. The zero-order chi connectivity index (χ0) is 24.6. The van der Waals surface area contributed by atoms with Crippen molar-refractivity contribution in [3.63, 3.8) is 0 Å². The molecule has 0 atom stereocenters. The minimum absolute atomic E-state index is 0.113. The molecular weight excluding hydrogens is 468 g/mol. The number of carbonyl (C=O) groups excluding carboxylic acids is 1. The van der Waals surface area contributed by atoms with Crippen LogP contribution in [0.4, 0.5) is 11.4 Å². The smallest absolute Gasteiger partial charge is 0.257 e. The van der Waals surface area contributed by atoms with Gasteiger partial charge in [0.25, 0.3) is 5.91 Å². The first-order chi connectivity index (χ1) is 16.8. The molecule has 186 valence electrons. The quantitative estimate of drug-likeness (QED) is 0.576. The fourth-order valence-corrected chi connectivity index (χ4v) is 6.21. The van der Waals surface area contributed by atoms with Crippen LogP contribution in [0.25, 0.3) is 11.0 Å². The van der Waals surface area contributed by atoms with Crippen LogP contribution in [0.2, 0.25) is 0 Å². The molecule has 0 unspecified atom stereocenters. The number of fused-ring (bicyclic) bond motifs is 1. The van der Waals surface area contributed by atoms with Crippen LogP contribution < -0.4 is 10.2 Å². The summed E-state index contributed by atoms with van der Waals surface area (Å²) >= 11 is 0. The number of pyridine rings is 1. The number of benzene rings is 1. The molecule has 0 aliphatic carbocycles. The van der Waals surface area contributed by atoms with Gasteiger partial charge < -0.3 is 15.0 Å². The Bertz CT molecular complexity index is 1360. The number of sulfonamides is 1. The maximum atomic E-state index is 13.5. The lowest BCUT2D eigenvalue weighted by Gasteiger charge is -2.31. The summed E-state index contributed by atoms with van der Waals surface area (Å²) in [5.41, 5.74) is 3.16. The summed E-state index contributed by atoms with van der Waals surface area (Å²) in [6.07, 6.45) is 4.82. The third kappa shape index (κ3) is 4.63. The molecule has 1 amide bonds. The number of rotatable bonds is 5. The summed E-state index contributed by atoms with van der Waals surface area (Å²) < 4.78 is 35.0. The van der Waals surface area contributed by atoms with Crippen molar-refractivity contribution in [3.8, 4) is 0 Å². The van der Waals surface area contributed by atoms with Gasteiger partial charge in [-0.2, -0.15) is 9.40 Å². The predicted octanol–water partition coefficient (Wildman–Crippen LogP) is 2.54. The highest BCUT2D eigenvalue weighted by molar-refractivity contribution is 7.89. The van der Waals surface area contributed by atoms with Crippen molar-refractivity contribution in [3.05, 3.63) is 41.7 Å². The SMILES string of the molecule is Cc1nn(C)c2ncc(NC(=O)c3cc(S(=O)(=O)N4CCOCC4)ccc3N3CCCCC3)cc12. The topological polar surface area (TPSA) is 110 Å². The Morgan fingerprint density at radius 1 is 1.06 bits per heavy atom. The number of ether oxygens (including phenoxy) is 1. The van der Waals surface area contributed by atoms with Crippen LogP contribution in [0.3, 0.4) is 0 Å². The van der Waals surface area contributed by atoms with E-state index in [1.165, 1.54) is 10.4 Å². The van der Waals surface area contributed by atoms with Gasteiger partial charge in [-0.25, -0.2) is 13.4 Å². The largest absolute Gasteiger partial charge is 0.379 e. The highest BCUT2D eigenvalue weighted by atomic mass is 32.2. The minimum Gasteiger partial charge on any atom is -0.379 e. The second-order valence-corrected chi connectivity index (χ2v) is 10.9. The van der Waals surface area contributed by atoms with Crippen LogP contribution in [-0.2, 0) is 21.8 Å². The fraction of sp³-hybridized carbons (Fsp3) is 0.458. The number of anilines is 2. The second kappa shape index (κ2) is 9.56. The van der Waals surface area contributed by atoms with Gasteiger partial charge in [-0.05, 0) is 50.5 Å². The van der Waals surface area contributed by atoms with Crippen molar-refractivity contribution in [1.82, 2.24) is 19.1 Å². The first kappa shape index (κ1) is 23.7. The maximum Gasteiger partial charge on any atom is 0.257 e. The highest BCUT2D eigenvalue weighted by Crippen LogP contribution is 2.30. The zero-order valence-corrected chi connectivity index (χ0v) is 20.8. The van der Waals surface area contributed by atoms with E-state index in [2.05, 4.69) is 20.3 Å². The molecule has 11 heteroatoms. The molecule has 1 aromatic carbocycles. The highest BCUT2D eigenvalue weighted by Gasteiger charge is 2.29. The average molecular weight is 499 g/mol. The van der Waals surface area contributed by atoms with Gasteiger partial charge in [0.05, 0.1) is 41.3 Å². The van der Waals surface area contributed by atoms with Crippen molar-refractivity contribution in [1.29, 1.82) is 0 Å². The molecule has 2 fully saturated rings. The first-order valence-corrected chi connectivity index (χ1v) is 13.4. The second-order valence-electron chi connectivity index (χ2n) is 9.00. The number of aryl methyl sites for hydroxylation is 2. The van der Waals surface area contributed by atoms with E-state index in [4.69, 9.17) is 4.74 Å². The number of hydrogen-bond acceptors (Lipinski definition) is 7. The summed E-state index contributed by atoms with van der Waals surface area (Å²) in [7, 11) is -1.91. The number of nitrogens with zero attached hydrogens (tertiary/aromatic N) is 5. The maximum absolute atomic E-state index is 13.5. The Morgan fingerprint density at radius 3 is 2.54 bits per heavy atom. The van der Waals surface area contributed by atoms with Crippen LogP contribution in [0.15, 0.2) is 35.4 Å². The summed E-state index contributed by atoms with van der Waals surface area (Å²) in [6, 6.07) is 6.72. The van der Waals surface area contributed by atoms with Crippen molar-refractivity contribution in [2.24, 2.45) is 7.05 Å². The number of morpholine rings is 1. The molecule has 3 aromatic rings.